The van der Waals surface area contributed by atoms with E-state index in [1.807, 2.05) is 24.3 Å². The van der Waals surface area contributed by atoms with E-state index in [0.29, 0.717) is 19.8 Å². The molecule has 0 fully saturated rings. The minimum atomic E-state index is -0.0491. The number of methoxy groups -OCH3 is 2. The van der Waals surface area contributed by atoms with Gasteiger partial charge in [-0.05, 0) is 17.7 Å². The number of hydrogen-bond acceptors (Lipinski definition) is 4. The van der Waals surface area contributed by atoms with E-state index in [9.17, 15) is 4.79 Å². The number of amides is 1. The average molecular weight is 267 g/mol. The lowest BCUT2D eigenvalue weighted by Crippen LogP contribution is -2.30. The van der Waals surface area contributed by atoms with Crippen LogP contribution in [0.5, 0.6) is 5.75 Å². The molecule has 5 nitrogen and oxygen atoms in total. The zero-order chi connectivity index (χ0) is 14.1. The number of hydrogen-bond donors (Lipinski definition) is 0. The molecule has 0 aromatic heterocycles. The molecule has 0 heterocycles. The Morgan fingerprint density at radius 2 is 1.84 bits per heavy atom. The molecule has 0 aliphatic rings. The second kappa shape index (κ2) is 8.50. The lowest BCUT2D eigenvalue weighted by Gasteiger charge is -2.17. The fourth-order valence-electron chi connectivity index (χ4n) is 1.50. The van der Waals surface area contributed by atoms with Crippen molar-refractivity contribution in [2.75, 3.05) is 41.1 Å². The molecule has 0 saturated heterocycles. The van der Waals surface area contributed by atoms with Crippen LogP contribution in [0.2, 0.25) is 0 Å². The Balaban J connectivity index is 2.35. The Kier molecular flexibility index (Phi) is 6.92. The van der Waals surface area contributed by atoms with Crippen molar-refractivity contribution >= 4 is 5.91 Å². The molecular weight excluding hydrogens is 246 g/mol. The molecule has 0 aliphatic carbocycles. The summed E-state index contributed by atoms with van der Waals surface area (Å²) >= 11 is 0. The summed E-state index contributed by atoms with van der Waals surface area (Å²) in [5.74, 6) is 0.757. The van der Waals surface area contributed by atoms with Gasteiger partial charge in [0.2, 0.25) is 5.91 Å². The standard InChI is InChI=1S/C14H21NO4/c1-15(14(16)11-19-9-8-17-2)10-12-4-6-13(18-3)7-5-12/h4-7H,8-11H2,1-3H3. The van der Waals surface area contributed by atoms with Crippen LogP contribution in [0, 0.1) is 0 Å². The van der Waals surface area contributed by atoms with Crippen LogP contribution < -0.4 is 4.74 Å². The summed E-state index contributed by atoms with van der Waals surface area (Å²) in [5, 5.41) is 0. The van der Waals surface area contributed by atoms with Gasteiger partial charge in [0.15, 0.2) is 0 Å². The summed E-state index contributed by atoms with van der Waals surface area (Å²) < 4.78 is 15.1. The lowest BCUT2D eigenvalue weighted by atomic mass is 10.2. The SMILES string of the molecule is COCCOCC(=O)N(C)Cc1ccc(OC)cc1. The molecule has 1 amide bonds. The van der Waals surface area contributed by atoms with E-state index < -0.39 is 0 Å². The first kappa shape index (κ1) is 15.5. The molecule has 0 saturated carbocycles. The second-order valence-corrected chi connectivity index (χ2v) is 4.14. The monoisotopic (exact) mass is 267 g/mol. The molecule has 0 atom stereocenters. The van der Waals surface area contributed by atoms with Crippen LogP contribution in [0.3, 0.4) is 0 Å². The van der Waals surface area contributed by atoms with Gasteiger partial charge in [0.05, 0.1) is 20.3 Å². The quantitative estimate of drug-likeness (QED) is 0.666. The number of carbonyl (C=O) groups excluding carboxylic acids is 1. The number of likely N-dealkylation sites (N-methyl/N-ethyl adjacent to an activating group) is 1. The highest BCUT2D eigenvalue weighted by atomic mass is 16.5. The van der Waals surface area contributed by atoms with Gasteiger partial charge in [0.1, 0.15) is 12.4 Å². The van der Waals surface area contributed by atoms with Crippen LogP contribution in [-0.2, 0) is 20.8 Å². The Morgan fingerprint density at radius 3 is 2.42 bits per heavy atom. The minimum absolute atomic E-state index is 0.0491. The maximum absolute atomic E-state index is 11.8. The molecule has 5 heteroatoms. The van der Waals surface area contributed by atoms with E-state index in [1.165, 1.54) is 0 Å². The largest absolute Gasteiger partial charge is 0.497 e. The molecule has 0 unspecified atom stereocenters. The van der Waals surface area contributed by atoms with Crippen molar-refractivity contribution in [3.05, 3.63) is 29.8 Å². The van der Waals surface area contributed by atoms with E-state index in [4.69, 9.17) is 14.2 Å². The van der Waals surface area contributed by atoms with Crippen molar-refractivity contribution in [2.45, 2.75) is 6.54 Å². The minimum Gasteiger partial charge on any atom is -0.497 e. The molecule has 0 N–H and O–H groups in total. The summed E-state index contributed by atoms with van der Waals surface area (Å²) in [6.07, 6.45) is 0. The van der Waals surface area contributed by atoms with E-state index in [-0.39, 0.29) is 12.5 Å². The van der Waals surface area contributed by atoms with Crippen LogP contribution in [0.15, 0.2) is 24.3 Å². The van der Waals surface area contributed by atoms with E-state index in [0.717, 1.165) is 11.3 Å². The van der Waals surface area contributed by atoms with Crippen molar-refractivity contribution in [1.82, 2.24) is 4.90 Å². The molecule has 0 aliphatic heterocycles. The highest BCUT2D eigenvalue weighted by Gasteiger charge is 2.09. The van der Waals surface area contributed by atoms with Crippen molar-refractivity contribution in [3.63, 3.8) is 0 Å². The van der Waals surface area contributed by atoms with Gasteiger partial charge in [-0.3, -0.25) is 4.79 Å². The first-order valence-electron chi connectivity index (χ1n) is 6.11. The number of ether oxygens (including phenoxy) is 3. The normalized spacial score (nSPS) is 10.3. The van der Waals surface area contributed by atoms with Crippen LogP contribution >= 0.6 is 0 Å². The molecule has 19 heavy (non-hydrogen) atoms. The third-order valence-corrected chi connectivity index (χ3v) is 2.66. The summed E-state index contributed by atoms with van der Waals surface area (Å²) in [5.41, 5.74) is 1.05. The first-order valence-corrected chi connectivity index (χ1v) is 6.11. The van der Waals surface area contributed by atoms with Crippen LogP contribution in [0.4, 0.5) is 0 Å². The maximum atomic E-state index is 11.8. The average Bonchev–Trinajstić information content (AvgIpc) is 2.44. The zero-order valence-corrected chi connectivity index (χ0v) is 11.7. The lowest BCUT2D eigenvalue weighted by molar-refractivity contribution is -0.135. The predicted octanol–water partition coefficient (Wildman–Crippen LogP) is 1.32. The van der Waals surface area contributed by atoms with Crippen molar-refractivity contribution in [2.24, 2.45) is 0 Å². The third kappa shape index (κ3) is 5.72. The van der Waals surface area contributed by atoms with E-state index in [1.54, 1.807) is 26.2 Å². The van der Waals surface area contributed by atoms with Gasteiger partial charge in [-0.25, -0.2) is 0 Å². The Bertz CT molecular complexity index is 378. The summed E-state index contributed by atoms with van der Waals surface area (Å²) in [4.78, 5) is 13.4. The van der Waals surface area contributed by atoms with Gasteiger partial charge in [0, 0.05) is 20.7 Å². The highest BCUT2D eigenvalue weighted by molar-refractivity contribution is 5.77. The number of benzene rings is 1. The summed E-state index contributed by atoms with van der Waals surface area (Å²) in [6.45, 7) is 1.56. The smallest absolute Gasteiger partial charge is 0.248 e. The Labute approximate surface area is 114 Å². The van der Waals surface area contributed by atoms with Crippen LogP contribution in [0.1, 0.15) is 5.56 Å². The first-order chi connectivity index (χ1) is 9.17. The number of carbonyl (C=O) groups is 1. The molecule has 1 rings (SSSR count). The molecule has 0 spiro atoms. The molecule has 0 radical (unpaired) electrons. The number of rotatable bonds is 8. The molecule has 1 aromatic rings. The Hall–Kier alpha value is -1.59. The topological polar surface area (TPSA) is 48.0 Å². The second-order valence-electron chi connectivity index (χ2n) is 4.14. The Morgan fingerprint density at radius 1 is 1.16 bits per heavy atom. The fraction of sp³-hybridized carbons (Fsp3) is 0.500. The molecule has 1 aromatic carbocycles. The zero-order valence-electron chi connectivity index (χ0n) is 11.7. The fourth-order valence-corrected chi connectivity index (χ4v) is 1.50. The van der Waals surface area contributed by atoms with Gasteiger partial charge in [0.25, 0.3) is 0 Å². The van der Waals surface area contributed by atoms with Gasteiger partial charge in [-0.2, -0.15) is 0 Å². The van der Waals surface area contributed by atoms with Crippen LogP contribution in [-0.4, -0.2) is 51.9 Å². The highest BCUT2D eigenvalue weighted by Crippen LogP contribution is 2.12. The summed E-state index contributed by atoms with van der Waals surface area (Å²) in [6, 6.07) is 7.63. The maximum Gasteiger partial charge on any atom is 0.248 e. The van der Waals surface area contributed by atoms with Crippen LogP contribution in [0.25, 0.3) is 0 Å². The van der Waals surface area contributed by atoms with E-state index in [2.05, 4.69) is 0 Å². The molecular formula is C14H21NO4. The van der Waals surface area contributed by atoms with Gasteiger partial charge in [-0.1, -0.05) is 12.1 Å². The van der Waals surface area contributed by atoms with Gasteiger partial charge >= 0.3 is 0 Å². The molecule has 0 bridgehead atoms. The van der Waals surface area contributed by atoms with E-state index >= 15 is 0 Å². The summed E-state index contributed by atoms with van der Waals surface area (Å²) in [7, 11) is 4.98. The molecule has 106 valence electrons. The predicted molar refractivity (Wildman–Crippen MR) is 72.2 cm³/mol. The van der Waals surface area contributed by atoms with Gasteiger partial charge in [-0.15, -0.1) is 0 Å². The third-order valence-electron chi connectivity index (χ3n) is 2.66. The number of nitrogens with zero attached hydrogens (tertiary/aromatic N) is 1. The van der Waals surface area contributed by atoms with Crippen molar-refractivity contribution < 1.29 is 19.0 Å². The van der Waals surface area contributed by atoms with Gasteiger partial charge < -0.3 is 19.1 Å². The van der Waals surface area contributed by atoms with Crippen molar-refractivity contribution in [1.29, 1.82) is 0 Å². The van der Waals surface area contributed by atoms with Crippen molar-refractivity contribution in [3.8, 4) is 5.75 Å².